The molecule has 1 N–H and O–H groups in total. The van der Waals surface area contributed by atoms with Gasteiger partial charge < -0.3 is 5.32 Å². The molecule has 110 valence electrons. The molecule has 3 heterocycles. The number of piperidine rings is 1. The molecule has 0 radical (unpaired) electrons. The number of hydrogen-bond donors (Lipinski definition) is 1. The van der Waals surface area contributed by atoms with Gasteiger partial charge in [-0.15, -0.1) is 0 Å². The maximum absolute atomic E-state index is 6.29. The zero-order valence-electron chi connectivity index (χ0n) is 11.6. The van der Waals surface area contributed by atoms with Crippen LogP contribution in [-0.2, 0) is 6.54 Å². The third-order valence-electron chi connectivity index (χ3n) is 4.50. The van der Waals surface area contributed by atoms with Crippen molar-refractivity contribution in [2.24, 2.45) is 0 Å². The Kier molecular flexibility index (Phi) is 4.82. The Labute approximate surface area is 130 Å². The quantitative estimate of drug-likeness (QED) is 0.866. The SMILES string of the molecule is Clc1cc(Cl)c(CN2CCCCC2C2CCCN2)cn1. The number of nitrogens with one attached hydrogen (secondary N) is 1. The van der Waals surface area contributed by atoms with E-state index in [1.807, 2.05) is 6.20 Å². The summed E-state index contributed by atoms with van der Waals surface area (Å²) in [6.07, 6.45) is 8.33. The van der Waals surface area contributed by atoms with E-state index in [9.17, 15) is 0 Å². The first kappa shape index (κ1) is 14.6. The van der Waals surface area contributed by atoms with E-state index in [1.54, 1.807) is 6.07 Å². The van der Waals surface area contributed by atoms with Gasteiger partial charge in [-0.1, -0.05) is 29.6 Å². The molecule has 2 aliphatic heterocycles. The average Bonchev–Trinajstić information content (AvgIpc) is 2.96. The minimum atomic E-state index is 0.464. The van der Waals surface area contributed by atoms with Crippen LogP contribution in [0.15, 0.2) is 12.3 Å². The van der Waals surface area contributed by atoms with Gasteiger partial charge >= 0.3 is 0 Å². The zero-order chi connectivity index (χ0) is 13.9. The molecule has 0 aromatic carbocycles. The van der Waals surface area contributed by atoms with Crippen molar-refractivity contribution in [3.63, 3.8) is 0 Å². The summed E-state index contributed by atoms with van der Waals surface area (Å²) in [5.41, 5.74) is 1.08. The highest BCUT2D eigenvalue weighted by atomic mass is 35.5. The van der Waals surface area contributed by atoms with Crippen molar-refractivity contribution in [3.05, 3.63) is 28.0 Å². The van der Waals surface area contributed by atoms with Crippen LogP contribution in [0.25, 0.3) is 0 Å². The lowest BCUT2D eigenvalue weighted by Gasteiger charge is -2.39. The van der Waals surface area contributed by atoms with Crippen LogP contribution in [-0.4, -0.2) is 35.1 Å². The molecule has 2 saturated heterocycles. The number of nitrogens with zero attached hydrogens (tertiary/aromatic N) is 2. The van der Waals surface area contributed by atoms with E-state index in [0.29, 0.717) is 17.2 Å². The largest absolute Gasteiger partial charge is 0.312 e. The van der Waals surface area contributed by atoms with Gasteiger partial charge in [0.25, 0.3) is 0 Å². The highest BCUT2D eigenvalue weighted by Gasteiger charge is 2.31. The van der Waals surface area contributed by atoms with E-state index in [0.717, 1.165) is 30.2 Å². The lowest BCUT2D eigenvalue weighted by Crippen LogP contribution is -2.49. The highest BCUT2D eigenvalue weighted by molar-refractivity contribution is 6.34. The van der Waals surface area contributed by atoms with Crippen LogP contribution >= 0.6 is 23.2 Å². The van der Waals surface area contributed by atoms with Crippen molar-refractivity contribution < 1.29 is 0 Å². The van der Waals surface area contributed by atoms with Crippen LogP contribution in [0.1, 0.15) is 37.7 Å². The third kappa shape index (κ3) is 3.28. The Bertz CT molecular complexity index is 460. The molecule has 1 aromatic heterocycles. The molecule has 0 saturated carbocycles. The van der Waals surface area contributed by atoms with Crippen molar-refractivity contribution in [2.45, 2.75) is 50.7 Å². The van der Waals surface area contributed by atoms with E-state index in [1.165, 1.54) is 32.1 Å². The minimum absolute atomic E-state index is 0.464. The smallest absolute Gasteiger partial charge is 0.130 e. The Morgan fingerprint density at radius 3 is 2.90 bits per heavy atom. The first-order chi connectivity index (χ1) is 9.74. The van der Waals surface area contributed by atoms with Crippen LogP contribution in [0.2, 0.25) is 10.2 Å². The zero-order valence-corrected chi connectivity index (χ0v) is 13.1. The van der Waals surface area contributed by atoms with Crippen molar-refractivity contribution in [3.8, 4) is 0 Å². The van der Waals surface area contributed by atoms with E-state index in [4.69, 9.17) is 23.2 Å². The summed E-state index contributed by atoms with van der Waals surface area (Å²) < 4.78 is 0. The van der Waals surface area contributed by atoms with Gasteiger partial charge in [0.1, 0.15) is 5.15 Å². The standard InChI is InChI=1S/C15H21Cl2N3/c16-12-8-15(17)19-9-11(12)10-20-7-2-1-5-14(20)13-4-3-6-18-13/h8-9,13-14,18H,1-7,10H2. The van der Waals surface area contributed by atoms with Gasteiger partial charge in [0.05, 0.1) is 0 Å². The first-order valence-corrected chi connectivity index (χ1v) is 8.27. The second kappa shape index (κ2) is 6.61. The van der Waals surface area contributed by atoms with Gasteiger partial charge in [0.2, 0.25) is 0 Å². The lowest BCUT2D eigenvalue weighted by atomic mass is 9.94. The van der Waals surface area contributed by atoms with Gasteiger partial charge in [-0.3, -0.25) is 4.90 Å². The maximum atomic E-state index is 6.29. The molecule has 20 heavy (non-hydrogen) atoms. The van der Waals surface area contributed by atoms with Gasteiger partial charge in [-0.05, 0) is 44.8 Å². The number of hydrogen-bond acceptors (Lipinski definition) is 3. The Morgan fingerprint density at radius 2 is 2.15 bits per heavy atom. The normalized spacial score (nSPS) is 27.9. The van der Waals surface area contributed by atoms with Crippen LogP contribution in [0.5, 0.6) is 0 Å². The van der Waals surface area contributed by atoms with Crippen LogP contribution in [0, 0.1) is 0 Å². The molecule has 2 aliphatic rings. The lowest BCUT2D eigenvalue weighted by molar-refractivity contribution is 0.112. The van der Waals surface area contributed by atoms with E-state index in [-0.39, 0.29) is 0 Å². The topological polar surface area (TPSA) is 28.2 Å². The molecule has 0 bridgehead atoms. The van der Waals surface area contributed by atoms with Crippen molar-refractivity contribution >= 4 is 23.2 Å². The molecule has 1 aromatic rings. The molecule has 0 spiro atoms. The van der Waals surface area contributed by atoms with E-state index in [2.05, 4.69) is 15.2 Å². The summed E-state index contributed by atoms with van der Waals surface area (Å²) in [5, 5.41) is 4.85. The Hall–Kier alpha value is -0.350. The molecule has 3 rings (SSSR count). The number of halogens is 2. The van der Waals surface area contributed by atoms with Crippen LogP contribution < -0.4 is 5.32 Å². The molecule has 2 unspecified atom stereocenters. The third-order valence-corrected chi connectivity index (χ3v) is 5.06. The number of aromatic nitrogens is 1. The molecular formula is C15H21Cl2N3. The number of pyridine rings is 1. The Balaban J connectivity index is 1.72. The molecule has 2 fully saturated rings. The molecule has 5 heteroatoms. The molecule has 0 aliphatic carbocycles. The fraction of sp³-hybridized carbons (Fsp3) is 0.667. The summed E-state index contributed by atoms with van der Waals surface area (Å²) in [6, 6.07) is 3.03. The summed E-state index contributed by atoms with van der Waals surface area (Å²) in [4.78, 5) is 6.74. The first-order valence-electron chi connectivity index (χ1n) is 7.51. The van der Waals surface area contributed by atoms with Crippen molar-refractivity contribution in [1.29, 1.82) is 0 Å². The average molecular weight is 314 g/mol. The van der Waals surface area contributed by atoms with E-state index >= 15 is 0 Å². The molecular weight excluding hydrogens is 293 g/mol. The minimum Gasteiger partial charge on any atom is -0.312 e. The van der Waals surface area contributed by atoms with E-state index < -0.39 is 0 Å². The summed E-state index contributed by atoms with van der Waals surface area (Å²) in [7, 11) is 0. The highest BCUT2D eigenvalue weighted by Crippen LogP contribution is 2.28. The van der Waals surface area contributed by atoms with Crippen LogP contribution in [0.4, 0.5) is 0 Å². The van der Waals surface area contributed by atoms with Gasteiger partial charge in [0, 0.05) is 35.4 Å². The van der Waals surface area contributed by atoms with Crippen LogP contribution in [0.3, 0.4) is 0 Å². The predicted octanol–water partition coefficient (Wildman–Crippen LogP) is 3.49. The van der Waals surface area contributed by atoms with Gasteiger partial charge in [-0.25, -0.2) is 4.98 Å². The van der Waals surface area contributed by atoms with Crippen molar-refractivity contribution in [2.75, 3.05) is 13.1 Å². The van der Waals surface area contributed by atoms with Gasteiger partial charge in [-0.2, -0.15) is 0 Å². The summed E-state index contributed by atoms with van der Waals surface area (Å²) >= 11 is 12.2. The van der Waals surface area contributed by atoms with Gasteiger partial charge in [0.15, 0.2) is 0 Å². The second-order valence-electron chi connectivity index (χ2n) is 5.83. The molecule has 2 atom stereocenters. The second-order valence-corrected chi connectivity index (χ2v) is 6.63. The Morgan fingerprint density at radius 1 is 1.25 bits per heavy atom. The fourth-order valence-corrected chi connectivity index (χ4v) is 3.91. The monoisotopic (exact) mass is 313 g/mol. The van der Waals surface area contributed by atoms with Crippen molar-refractivity contribution in [1.82, 2.24) is 15.2 Å². The predicted molar refractivity (Wildman–Crippen MR) is 83.3 cm³/mol. The number of rotatable bonds is 3. The molecule has 0 amide bonds. The fourth-order valence-electron chi connectivity index (χ4n) is 3.48. The maximum Gasteiger partial charge on any atom is 0.130 e. The molecule has 3 nitrogen and oxygen atoms in total. The summed E-state index contributed by atoms with van der Waals surface area (Å²) in [5.74, 6) is 0. The summed E-state index contributed by atoms with van der Waals surface area (Å²) in [6.45, 7) is 3.20. The number of likely N-dealkylation sites (tertiary alicyclic amines) is 1.